The fraction of sp³-hybridized carbons (Fsp3) is 0. The van der Waals surface area contributed by atoms with Gasteiger partial charge < -0.3 is 5.11 Å². The Kier molecular flexibility index (Phi) is 2.81. The highest BCUT2D eigenvalue weighted by Gasteiger charge is 2.11. The number of rotatable bonds is 1. The molecule has 1 N–H and O–H groups in total. The minimum Gasteiger partial charge on any atom is -0.478 e. The molecule has 0 saturated heterocycles. The van der Waals surface area contributed by atoms with E-state index in [9.17, 15) is 4.79 Å². The van der Waals surface area contributed by atoms with Crippen molar-refractivity contribution in [3.05, 3.63) is 28.3 Å². The van der Waals surface area contributed by atoms with Gasteiger partial charge in [0.25, 0.3) is 0 Å². The zero-order valence-corrected chi connectivity index (χ0v) is 7.93. The number of nitrogens with zero attached hydrogens (tertiary/aromatic N) is 1. The lowest BCUT2D eigenvalue weighted by Gasteiger charge is -2.01. The molecule has 5 heteroatoms. The number of carbonyl (C=O) groups is 1. The van der Waals surface area contributed by atoms with Crippen LogP contribution in [0.4, 0.5) is 0 Å². The van der Waals surface area contributed by atoms with Gasteiger partial charge in [0.05, 0.1) is 16.1 Å². The molecular formula is C8H4ClNO2S. The molecule has 0 unspecified atom stereocenters. The summed E-state index contributed by atoms with van der Waals surface area (Å²) in [4.78, 5) is 10.9. The number of hydrogen-bond donors (Lipinski definition) is 2. The molecule has 0 radical (unpaired) electrons. The first-order valence-electron chi connectivity index (χ1n) is 3.22. The lowest BCUT2D eigenvalue weighted by atomic mass is 10.1. The number of benzene rings is 1. The summed E-state index contributed by atoms with van der Waals surface area (Å²) in [5, 5.41) is 17.3. The smallest absolute Gasteiger partial charge is 0.337 e. The Morgan fingerprint density at radius 1 is 1.62 bits per heavy atom. The topological polar surface area (TPSA) is 61.1 Å². The van der Waals surface area contributed by atoms with Gasteiger partial charge in [-0.25, -0.2) is 4.79 Å². The van der Waals surface area contributed by atoms with Crippen molar-refractivity contribution in [1.29, 1.82) is 5.26 Å². The van der Waals surface area contributed by atoms with Gasteiger partial charge in [0.1, 0.15) is 6.07 Å². The van der Waals surface area contributed by atoms with E-state index in [0.29, 0.717) is 4.90 Å². The monoisotopic (exact) mass is 213 g/mol. The fourth-order valence-corrected chi connectivity index (χ4v) is 1.30. The van der Waals surface area contributed by atoms with Crippen molar-refractivity contribution >= 4 is 30.2 Å². The second-order valence-corrected chi connectivity index (χ2v) is 3.16. The van der Waals surface area contributed by atoms with E-state index in [1.807, 2.05) is 6.07 Å². The normalized spacial score (nSPS) is 9.31. The Labute approximate surface area is 85.0 Å². The van der Waals surface area contributed by atoms with E-state index in [1.165, 1.54) is 12.1 Å². The molecular weight excluding hydrogens is 210 g/mol. The number of thiol groups is 1. The molecule has 0 amide bonds. The fourth-order valence-electron chi connectivity index (χ4n) is 0.815. The summed E-state index contributed by atoms with van der Waals surface area (Å²) in [6, 6.07) is 4.39. The van der Waals surface area contributed by atoms with Crippen LogP contribution in [-0.4, -0.2) is 11.1 Å². The first-order chi connectivity index (χ1) is 6.06. The maximum atomic E-state index is 10.6. The molecule has 1 aromatic carbocycles. The number of nitriles is 1. The summed E-state index contributed by atoms with van der Waals surface area (Å²) >= 11 is 9.55. The summed E-state index contributed by atoms with van der Waals surface area (Å²) < 4.78 is 0. The lowest BCUT2D eigenvalue weighted by Crippen LogP contribution is -1.98. The van der Waals surface area contributed by atoms with E-state index >= 15 is 0 Å². The van der Waals surface area contributed by atoms with Gasteiger partial charge in [0.2, 0.25) is 0 Å². The molecule has 0 spiro atoms. The molecule has 66 valence electrons. The number of carboxylic acid groups (broad SMARTS) is 1. The van der Waals surface area contributed by atoms with Crippen molar-refractivity contribution in [1.82, 2.24) is 0 Å². The standard InChI is InChI=1S/C8H4ClNO2S/c9-6-1-4(3-10)7(13)2-5(6)8(11)12/h1-2,13H,(H,11,12). The van der Waals surface area contributed by atoms with Gasteiger partial charge in [-0.1, -0.05) is 11.6 Å². The Hall–Kier alpha value is -1.18. The van der Waals surface area contributed by atoms with Crippen LogP contribution in [-0.2, 0) is 0 Å². The zero-order valence-electron chi connectivity index (χ0n) is 6.28. The second-order valence-electron chi connectivity index (χ2n) is 2.27. The Balaban J connectivity index is 3.39. The summed E-state index contributed by atoms with van der Waals surface area (Å²) in [5.74, 6) is -1.13. The van der Waals surface area contributed by atoms with E-state index in [2.05, 4.69) is 12.6 Å². The zero-order chi connectivity index (χ0) is 10.0. The number of carboxylic acids is 1. The van der Waals surface area contributed by atoms with Crippen LogP contribution in [0.25, 0.3) is 0 Å². The van der Waals surface area contributed by atoms with Crippen molar-refractivity contribution in [3.8, 4) is 6.07 Å². The highest BCUT2D eigenvalue weighted by molar-refractivity contribution is 7.80. The second kappa shape index (κ2) is 3.69. The highest BCUT2D eigenvalue weighted by Crippen LogP contribution is 2.23. The van der Waals surface area contributed by atoms with E-state index in [1.54, 1.807) is 0 Å². The SMILES string of the molecule is N#Cc1cc(Cl)c(C(=O)O)cc1S. The molecule has 0 aliphatic heterocycles. The van der Waals surface area contributed by atoms with Crippen molar-refractivity contribution in [2.75, 3.05) is 0 Å². The van der Waals surface area contributed by atoms with Crippen LogP contribution in [0.15, 0.2) is 17.0 Å². The van der Waals surface area contributed by atoms with Crippen LogP contribution < -0.4 is 0 Å². The Morgan fingerprint density at radius 3 is 2.69 bits per heavy atom. The average molecular weight is 214 g/mol. The molecule has 0 aromatic heterocycles. The van der Waals surface area contributed by atoms with E-state index in [4.69, 9.17) is 22.0 Å². The van der Waals surface area contributed by atoms with Gasteiger partial charge in [-0.05, 0) is 12.1 Å². The number of aromatic carboxylic acids is 1. The molecule has 1 rings (SSSR count). The molecule has 0 bridgehead atoms. The number of halogens is 1. The van der Waals surface area contributed by atoms with Crippen LogP contribution in [0.3, 0.4) is 0 Å². The molecule has 0 saturated carbocycles. The molecule has 0 heterocycles. The van der Waals surface area contributed by atoms with Crippen LogP contribution in [0, 0.1) is 11.3 Å². The van der Waals surface area contributed by atoms with Gasteiger partial charge in [-0.3, -0.25) is 0 Å². The first kappa shape index (κ1) is 9.90. The van der Waals surface area contributed by atoms with E-state index in [-0.39, 0.29) is 16.1 Å². The van der Waals surface area contributed by atoms with Gasteiger partial charge in [0, 0.05) is 4.90 Å². The quantitative estimate of drug-likeness (QED) is 0.703. The summed E-state index contributed by atoms with van der Waals surface area (Å²) in [6.45, 7) is 0. The Morgan fingerprint density at radius 2 is 2.23 bits per heavy atom. The molecule has 0 atom stereocenters. The summed E-state index contributed by atoms with van der Waals surface area (Å²) in [6.07, 6.45) is 0. The number of hydrogen-bond acceptors (Lipinski definition) is 3. The van der Waals surface area contributed by atoms with E-state index in [0.717, 1.165) is 0 Å². The lowest BCUT2D eigenvalue weighted by molar-refractivity contribution is 0.0697. The summed E-state index contributed by atoms with van der Waals surface area (Å²) in [5.41, 5.74) is 0.212. The van der Waals surface area contributed by atoms with Gasteiger partial charge >= 0.3 is 5.97 Å². The van der Waals surface area contributed by atoms with Crippen LogP contribution in [0.2, 0.25) is 5.02 Å². The first-order valence-corrected chi connectivity index (χ1v) is 4.04. The minimum absolute atomic E-state index is 0.0434. The third-order valence-corrected chi connectivity index (χ3v) is 2.12. The van der Waals surface area contributed by atoms with Crippen LogP contribution in [0.1, 0.15) is 15.9 Å². The molecule has 3 nitrogen and oxygen atoms in total. The third-order valence-electron chi connectivity index (χ3n) is 1.44. The predicted molar refractivity (Wildman–Crippen MR) is 50.4 cm³/mol. The molecule has 0 fully saturated rings. The van der Waals surface area contributed by atoms with Crippen molar-refractivity contribution in [3.63, 3.8) is 0 Å². The summed E-state index contributed by atoms with van der Waals surface area (Å²) in [7, 11) is 0. The van der Waals surface area contributed by atoms with Crippen molar-refractivity contribution in [2.24, 2.45) is 0 Å². The average Bonchev–Trinajstić information content (AvgIpc) is 2.07. The van der Waals surface area contributed by atoms with Gasteiger partial charge in [0.15, 0.2) is 0 Å². The molecule has 0 aliphatic carbocycles. The highest BCUT2D eigenvalue weighted by atomic mass is 35.5. The maximum absolute atomic E-state index is 10.6. The van der Waals surface area contributed by atoms with Crippen molar-refractivity contribution in [2.45, 2.75) is 4.90 Å². The van der Waals surface area contributed by atoms with Crippen LogP contribution in [0.5, 0.6) is 0 Å². The van der Waals surface area contributed by atoms with E-state index < -0.39 is 5.97 Å². The molecule has 1 aromatic rings. The predicted octanol–water partition coefficient (Wildman–Crippen LogP) is 2.20. The third kappa shape index (κ3) is 1.94. The molecule has 13 heavy (non-hydrogen) atoms. The van der Waals surface area contributed by atoms with Gasteiger partial charge in [-0.2, -0.15) is 5.26 Å². The molecule has 0 aliphatic rings. The Bertz CT molecular complexity index is 411. The minimum atomic E-state index is -1.13. The van der Waals surface area contributed by atoms with Crippen LogP contribution >= 0.6 is 24.2 Å². The van der Waals surface area contributed by atoms with Crippen molar-refractivity contribution < 1.29 is 9.90 Å². The van der Waals surface area contributed by atoms with Gasteiger partial charge in [-0.15, -0.1) is 12.6 Å². The maximum Gasteiger partial charge on any atom is 0.337 e. The largest absolute Gasteiger partial charge is 0.478 e.